The molecular formula is C22H21N3O. The van der Waals surface area contributed by atoms with E-state index in [1.807, 2.05) is 18.2 Å². The fraction of sp³-hybridized carbons (Fsp3) is 0.273. The van der Waals surface area contributed by atoms with Crippen LogP contribution >= 0.6 is 0 Å². The number of carbonyl (C=O) groups excluding carboxylic acids is 1. The molecule has 1 heterocycles. The summed E-state index contributed by atoms with van der Waals surface area (Å²) in [6, 6.07) is 19.2. The molecule has 0 spiro atoms. The number of imidazole rings is 1. The number of benzene rings is 2. The molecule has 4 heteroatoms. The van der Waals surface area contributed by atoms with Crippen molar-refractivity contribution in [2.75, 3.05) is 0 Å². The lowest BCUT2D eigenvalue weighted by Crippen LogP contribution is -2.30. The zero-order valence-electron chi connectivity index (χ0n) is 14.5. The van der Waals surface area contributed by atoms with Crippen LogP contribution in [-0.4, -0.2) is 21.5 Å². The second-order valence-electron chi connectivity index (χ2n) is 7.36. The minimum atomic E-state index is 0.0942. The van der Waals surface area contributed by atoms with Crippen LogP contribution in [0.15, 0.2) is 67.1 Å². The maximum absolute atomic E-state index is 12.6. The molecule has 4 nitrogen and oxygen atoms in total. The average Bonchev–Trinajstić information content (AvgIpc) is 2.99. The van der Waals surface area contributed by atoms with E-state index >= 15 is 0 Å². The Hall–Kier alpha value is -2.88. The summed E-state index contributed by atoms with van der Waals surface area (Å²) in [7, 11) is 0. The van der Waals surface area contributed by atoms with E-state index < -0.39 is 0 Å². The van der Waals surface area contributed by atoms with E-state index in [4.69, 9.17) is 0 Å². The summed E-state index contributed by atoms with van der Waals surface area (Å²) >= 11 is 0. The SMILES string of the molecule is O=C(Cc1cncn1Cc1ccccc1)NC1C2Cc3ccccc3C21. The van der Waals surface area contributed by atoms with Gasteiger partial charge in [-0.25, -0.2) is 4.98 Å². The fourth-order valence-electron chi connectivity index (χ4n) is 4.37. The van der Waals surface area contributed by atoms with E-state index in [1.54, 1.807) is 12.5 Å². The van der Waals surface area contributed by atoms with Gasteiger partial charge in [-0.15, -0.1) is 0 Å². The Morgan fingerprint density at radius 3 is 2.81 bits per heavy atom. The lowest BCUT2D eigenvalue weighted by Gasteiger charge is -2.11. The van der Waals surface area contributed by atoms with Crippen molar-refractivity contribution in [3.63, 3.8) is 0 Å². The molecule has 3 unspecified atom stereocenters. The van der Waals surface area contributed by atoms with Crippen molar-refractivity contribution >= 4 is 5.91 Å². The van der Waals surface area contributed by atoms with Crippen molar-refractivity contribution in [2.24, 2.45) is 5.92 Å². The molecule has 5 rings (SSSR count). The molecule has 3 atom stereocenters. The first-order chi connectivity index (χ1) is 12.8. The summed E-state index contributed by atoms with van der Waals surface area (Å²) in [5, 5.41) is 3.25. The van der Waals surface area contributed by atoms with E-state index in [0.29, 0.717) is 24.3 Å². The van der Waals surface area contributed by atoms with Crippen molar-refractivity contribution in [3.05, 3.63) is 89.5 Å². The van der Waals surface area contributed by atoms with Crippen LogP contribution in [0.25, 0.3) is 0 Å². The predicted octanol–water partition coefficient (Wildman–Crippen LogP) is 2.93. The summed E-state index contributed by atoms with van der Waals surface area (Å²) < 4.78 is 2.05. The third-order valence-corrected chi connectivity index (χ3v) is 5.70. The van der Waals surface area contributed by atoms with Crippen LogP contribution < -0.4 is 5.32 Å². The van der Waals surface area contributed by atoms with Crippen molar-refractivity contribution in [1.82, 2.24) is 14.9 Å². The number of amides is 1. The van der Waals surface area contributed by atoms with Gasteiger partial charge in [0.15, 0.2) is 0 Å². The van der Waals surface area contributed by atoms with E-state index in [0.717, 1.165) is 18.7 Å². The molecular weight excluding hydrogens is 322 g/mol. The molecule has 1 amide bonds. The van der Waals surface area contributed by atoms with Crippen molar-refractivity contribution in [2.45, 2.75) is 31.3 Å². The minimum absolute atomic E-state index is 0.0942. The van der Waals surface area contributed by atoms with Gasteiger partial charge in [0.05, 0.1) is 12.7 Å². The van der Waals surface area contributed by atoms with Gasteiger partial charge in [-0.1, -0.05) is 54.6 Å². The highest BCUT2D eigenvalue weighted by Gasteiger charge is 2.56. The molecule has 2 aliphatic rings. The number of rotatable bonds is 5. The Balaban J connectivity index is 1.22. The van der Waals surface area contributed by atoms with Gasteiger partial charge in [0.25, 0.3) is 0 Å². The lowest BCUT2D eigenvalue weighted by atomic mass is 10.1. The summed E-state index contributed by atoms with van der Waals surface area (Å²) in [5.41, 5.74) is 5.05. The molecule has 0 bridgehead atoms. The van der Waals surface area contributed by atoms with E-state index in [1.165, 1.54) is 16.7 Å². The highest BCUT2D eigenvalue weighted by atomic mass is 16.1. The van der Waals surface area contributed by atoms with E-state index in [2.05, 4.69) is 51.3 Å². The summed E-state index contributed by atoms with van der Waals surface area (Å²) in [6.45, 7) is 0.742. The van der Waals surface area contributed by atoms with Gasteiger partial charge >= 0.3 is 0 Å². The molecule has 1 saturated carbocycles. The van der Waals surface area contributed by atoms with Gasteiger partial charge in [0, 0.05) is 30.4 Å². The first-order valence-electron chi connectivity index (χ1n) is 9.20. The number of nitrogens with one attached hydrogen (secondary N) is 1. The Morgan fingerprint density at radius 2 is 1.92 bits per heavy atom. The lowest BCUT2D eigenvalue weighted by molar-refractivity contribution is -0.120. The average molecular weight is 343 g/mol. The van der Waals surface area contributed by atoms with Gasteiger partial charge in [-0.3, -0.25) is 4.79 Å². The minimum Gasteiger partial charge on any atom is -0.352 e. The Kier molecular flexibility index (Phi) is 3.63. The van der Waals surface area contributed by atoms with E-state index in [9.17, 15) is 4.79 Å². The van der Waals surface area contributed by atoms with Crippen LogP contribution in [0.2, 0.25) is 0 Å². The second-order valence-corrected chi connectivity index (χ2v) is 7.36. The van der Waals surface area contributed by atoms with Gasteiger partial charge < -0.3 is 9.88 Å². The van der Waals surface area contributed by atoms with Crippen LogP contribution in [0.4, 0.5) is 0 Å². The van der Waals surface area contributed by atoms with E-state index in [-0.39, 0.29) is 5.91 Å². The number of fused-ring (bicyclic) bond motifs is 3. The topological polar surface area (TPSA) is 46.9 Å². The molecule has 130 valence electrons. The Bertz CT molecular complexity index is 947. The summed E-state index contributed by atoms with van der Waals surface area (Å²) in [6.07, 6.45) is 5.07. The fourth-order valence-corrected chi connectivity index (χ4v) is 4.37. The zero-order valence-corrected chi connectivity index (χ0v) is 14.5. The molecule has 0 aliphatic heterocycles. The van der Waals surface area contributed by atoms with Crippen LogP contribution in [0.3, 0.4) is 0 Å². The molecule has 2 aromatic carbocycles. The number of hydrogen-bond acceptors (Lipinski definition) is 2. The zero-order chi connectivity index (χ0) is 17.5. The third-order valence-electron chi connectivity index (χ3n) is 5.70. The number of nitrogens with zero attached hydrogens (tertiary/aromatic N) is 2. The normalized spacial score (nSPS) is 22.5. The Morgan fingerprint density at radius 1 is 1.12 bits per heavy atom. The highest BCUT2D eigenvalue weighted by Crippen LogP contribution is 2.56. The predicted molar refractivity (Wildman–Crippen MR) is 99.8 cm³/mol. The van der Waals surface area contributed by atoms with Crippen LogP contribution in [0.1, 0.15) is 28.3 Å². The van der Waals surface area contributed by atoms with Gasteiger partial charge in [-0.05, 0) is 29.0 Å². The molecule has 3 aromatic rings. The first-order valence-corrected chi connectivity index (χ1v) is 9.20. The largest absolute Gasteiger partial charge is 0.352 e. The molecule has 1 aromatic heterocycles. The van der Waals surface area contributed by atoms with Crippen molar-refractivity contribution in [1.29, 1.82) is 0 Å². The van der Waals surface area contributed by atoms with Crippen LogP contribution in [0.5, 0.6) is 0 Å². The maximum Gasteiger partial charge on any atom is 0.226 e. The van der Waals surface area contributed by atoms with Crippen molar-refractivity contribution in [3.8, 4) is 0 Å². The van der Waals surface area contributed by atoms with Crippen LogP contribution in [-0.2, 0) is 24.2 Å². The van der Waals surface area contributed by atoms with Crippen molar-refractivity contribution < 1.29 is 4.79 Å². The summed E-state index contributed by atoms with van der Waals surface area (Å²) in [4.78, 5) is 16.8. The molecule has 1 N–H and O–H groups in total. The molecule has 1 fully saturated rings. The standard InChI is InChI=1S/C22H21N3O/c26-20(24-22-19-10-16-8-4-5-9-18(16)21(19)22)11-17-12-23-14-25(17)13-15-6-2-1-3-7-15/h1-9,12,14,19,21-22H,10-11,13H2,(H,24,26). The number of hydrogen-bond donors (Lipinski definition) is 1. The first kappa shape index (κ1) is 15.4. The number of aromatic nitrogens is 2. The Labute approximate surface area is 152 Å². The van der Waals surface area contributed by atoms with Gasteiger partial charge in [-0.2, -0.15) is 0 Å². The van der Waals surface area contributed by atoms with Crippen LogP contribution in [0, 0.1) is 5.92 Å². The quantitative estimate of drug-likeness (QED) is 0.774. The highest BCUT2D eigenvalue weighted by molar-refractivity contribution is 5.79. The van der Waals surface area contributed by atoms with Gasteiger partial charge in [0.1, 0.15) is 0 Å². The smallest absolute Gasteiger partial charge is 0.226 e. The second kappa shape index (κ2) is 6.13. The molecule has 26 heavy (non-hydrogen) atoms. The summed E-state index contributed by atoms with van der Waals surface area (Å²) in [5.74, 6) is 1.20. The molecule has 2 aliphatic carbocycles. The monoisotopic (exact) mass is 343 g/mol. The van der Waals surface area contributed by atoms with Gasteiger partial charge in [0.2, 0.25) is 5.91 Å². The molecule has 0 radical (unpaired) electrons. The third kappa shape index (κ3) is 2.71. The molecule has 0 saturated heterocycles. The maximum atomic E-state index is 12.6. The number of carbonyl (C=O) groups is 1.